The molecule has 0 aromatic carbocycles. The van der Waals surface area contributed by atoms with Crippen LogP contribution in [0.2, 0.25) is 0 Å². The lowest BCUT2D eigenvalue weighted by molar-refractivity contribution is 0.142. The zero-order chi connectivity index (χ0) is 12.0. The van der Waals surface area contributed by atoms with E-state index in [0.717, 1.165) is 12.3 Å². The van der Waals surface area contributed by atoms with E-state index >= 15 is 0 Å². The van der Waals surface area contributed by atoms with E-state index in [-0.39, 0.29) is 12.6 Å². The van der Waals surface area contributed by atoms with E-state index in [1.165, 1.54) is 32.5 Å². The highest BCUT2D eigenvalue weighted by molar-refractivity contribution is 4.82. The quantitative estimate of drug-likeness (QED) is 0.722. The van der Waals surface area contributed by atoms with Crippen molar-refractivity contribution in [3.05, 3.63) is 0 Å². The van der Waals surface area contributed by atoms with Gasteiger partial charge in [0.05, 0.1) is 6.61 Å². The average molecular weight is 228 g/mol. The molecule has 1 saturated heterocycles. The first-order chi connectivity index (χ1) is 7.71. The molecule has 0 aromatic rings. The Labute approximate surface area is 100 Å². The van der Waals surface area contributed by atoms with Crippen molar-refractivity contribution in [3.63, 3.8) is 0 Å². The minimum Gasteiger partial charge on any atom is -0.395 e. The molecule has 1 rings (SSSR count). The van der Waals surface area contributed by atoms with Crippen molar-refractivity contribution in [3.8, 4) is 0 Å². The molecule has 1 heterocycles. The van der Waals surface area contributed by atoms with Crippen molar-refractivity contribution in [1.82, 2.24) is 10.2 Å². The molecule has 0 saturated carbocycles. The maximum absolute atomic E-state index is 9.20. The van der Waals surface area contributed by atoms with E-state index < -0.39 is 0 Å². The van der Waals surface area contributed by atoms with Gasteiger partial charge in [0.15, 0.2) is 0 Å². The molecule has 3 heteroatoms. The summed E-state index contributed by atoms with van der Waals surface area (Å²) >= 11 is 0. The van der Waals surface area contributed by atoms with E-state index in [9.17, 15) is 5.11 Å². The molecule has 0 aromatic heterocycles. The standard InChI is InChI=1S/C13H28N2O/c1-4-13(10-16)14-11(3)12-7-6-8-15(5-2)9-12/h11-14,16H,4-10H2,1-3H3. The van der Waals surface area contributed by atoms with E-state index in [4.69, 9.17) is 0 Å². The van der Waals surface area contributed by atoms with Gasteiger partial charge in [0.1, 0.15) is 0 Å². The van der Waals surface area contributed by atoms with Gasteiger partial charge in [0, 0.05) is 18.6 Å². The Bertz CT molecular complexity index is 183. The number of rotatable bonds is 6. The number of hydrogen-bond acceptors (Lipinski definition) is 3. The smallest absolute Gasteiger partial charge is 0.0584 e. The van der Waals surface area contributed by atoms with Crippen molar-refractivity contribution in [1.29, 1.82) is 0 Å². The predicted octanol–water partition coefficient (Wildman–Crippen LogP) is 1.47. The molecule has 2 N–H and O–H groups in total. The molecule has 3 nitrogen and oxygen atoms in total. The van der Waals surface area contributed by atoms with Gasteiger partial charge in [-0.05, 0) is 45.2 Å². The summed E-state index contributed by atoms with van der Waals surface area (Å²) in [6, 6.07) is 0.790. The fourth-order valence-electron chi connectivity index (χ4n) is 2.59. The van der Waals surface area contributed by atoms with Crippen LogP contribution in [0.1, 0.15) is 40.0 Å². The van der Waals surface area contributed by atoms with Crippen molar-refractivity contribution in [2.75, 3.05) is 26.2 Å². The van der Waals surface area contributed by atoms with Crippen LogP contribution in [0.25, 0.3) is 0 Å². The summed E-state index contributed by atoms with van der Waals surface area (Å²) < 4.78 is 0. The van der Waals surface area contributed by atoms with Crippen molar-refractivity contribution in [2.45, 2.75) is 52.1 Å². The Morgan fingerprint density at radius 3 is 2.75 bits per heavy atom. The summed E-state index contributed by atoms with van der Waals surface area (Å²) in [4.78, 5) is 2.53. The Balaban J connectivity index is 2.37. The Kier molecular flexibility index (Phi) is 6.32. The van der Waals surface area contributed by atoms with Crippen LogP contribution in [-0.2, 0) is 0 Å². The molecule has 96 valence electrons. The third-order valence-electron chi connectivity index (χ3n) is 3.91. The van der Waals surface area contributed by atoms with Crippen LogP contribution < -0.4 is 5.32 Å². The molecule has 3 atom stereocenters. The van der Waals surface area contributed by atoms with Crippen LogP contribution in [0.3, 0.4) is 0 Å². The first kappa shape index (κ1) is 13.9. The second kappa shape index (κ2) is 7.25. The monoisotopic (exact) mass is 228 g/mol. The van der Waals surface area contributed by atoms with E-state index in [1.807, 2.05) is 0 Å². The first-order valence-electron chi connectivity index (χ1n) is 6.80. The molecular weight excluding hydrogens is 200 g/mol. The number of nitrogens with one attached hydrogen (secondary N) is 1. The minimum atomic E-state index is 0.255. The third-order valence-corrected chi connectivity index (χ3v) is 3.91. The maximum Gasteiger partial charge on any atom is 0.0584 e. The highest BCUT2D eigenvalue weighted by Gasteiger charge is 2.24. The fraction of sp³-hybridized carbons (Fsp3) is 1.00. The molecule has 0 spiro atoms. The third kappa shape index (κ3) is 4.04. The van der Waals surface area contributed by atoms with Gasteiger partial charge in [-0.3, -0.25) is 0 Å². The summed E-state index contributed by atoms with van der Waals surface area (Å²) in [5, 5.41) is 12.8. The molecule has 1 aliphatic rings. The van der Waals surface area contributed by atoms with Crippen LogP contribution in [0, 0.1) is 5.92 Å². The second-order valence-electron chi connectivity index (χ2n) is 5.04. The Morgan fingerprint density at radius 1 is 1.44 bits per heavy atom. The van der Waals surface area contributed by atoms with Gasteiger partial charge in [-0.15, -0.1) is 0 Å². The van der Waals surface area contributed by atoms with Crippen molar-refractivity contribution >= 4 is 0 Å². The largest absolute Gasteiger partial charge is 0.395 e. The highest BCUT2D eigenvalue weighted by Crippen LogP contribution is 2.19. The highest BCUT2D eigenvalue weighted by atomic mass is 16.3. The van der Waals surface area contributed by atoms with Gasteiger partial charge in [-0.2, -0.15) is 0 Å². The Hall–Kier alpha value is -0.120. The summed E-state index contributed by atoms with van der Waals surface area (Å²) in [6.45, 7) is 10.5. The minimum absolute atomic E-state index is 0.255. The van der Waals surface area contributed by atoms with Crippen LogP contribution in [0.15, 0.2) is 0 Å². The molecule has 1 aliphatic heterocycles. The van der Waals surface area contributed by atoms with Gasteiger partial charge < -0.3 is 15.3 Å². The lowest BCUT2D eigenvalue weighted by Crippen LogP contribution is -2.48. The van der Waals surface area contributed by atoms with Gasteiger partial charge in [0.2, 0.25) is 0 Å². The van der Waals surface area contributed by atoms with Crippen LogP contribution in [0.4, 0.5) is 0 Å². The number of piperidine rings is 1. The summed E-state index contributed by atoms with van der Waals surface area (Å²) in [5.74, 6) is 0.745. The zero-order valence-electron chi connectivity index (χ0n) is 11.1. The number of aliphatic hydroxyl groups excluding tert-OH is 1. The predicted molar refractivity (Wildman–Crippen MR) is 68.6 cm³/mol. The topological polar surface area (TPSA) is 35.5 Å². The lowest BCUT2D eigenvalue weighted by atomic mass is 9.91. The lowest BCUT2D eigenvalue weighted by Gasteiger charge is -2.36. The molecular formula is C13H28N2O. The summed E-state index contributed by atoms with van der Waals surface area (Å²) in [6.07, 6.45) is 3.65. The van der Waals surface area contributed by atoms with Crippen molar-refractivity contribution < 1.29 is 5.11 Å². The molecule has 16 heavy (non-hydrogen) atoms. The van der Waals surface area contributed by atoms with Gasteiger partial charge >= 0.3 is 0 Å². The number of nitrogens with zero attached hydrogens (tertiary/aromatic N) is 1. The maximum atomic E-state index is 9.20. The molecule has 0 aliphatic carbocycles. The number of aliphatic hydroxyl groups is 1. The van der Waals surface area contributed by atoms with Gasteiger partial charge in [0.25, 0.3) is 0 Å². The fourth-order valence-corrected chi connectivity index (χ4v) is 2.59. The molecule has 0 bridgehead atoms. The molecule has 0 radical (unpaired) electrons. The Morgan fingerprint density at radius 2 is 2.19 bits per heavy atom. The summed E-state index contributed by atoms with van der Waals surface area (Å²) in [7, 11) is 0. The molecule has 0 amide bonds. The van der Waals surface area contributed by atoms with E-state index in [0.29, 0.717) is 6.04 Å². The summed E-state index contributed by atoms with van der Waals surface area (Å²) in [5.41, 5.74) is 0. The van der Waals surface area contributed by atoms with E-state index in [1.54, 1.807) is 0 Å². The average Bonchev–Trinajstić information content (AvgIpc) is 2.35. The van der Waals surface area contributed by atoms with E-state index in [2.05, 4.69) is 31.0 Å². The van der Waals surface area contributed by atoms with Crippen LogP contribution >= 0.6 is 0 Å². The van der Waals surface area contributed by atoms with Gasteiger partial charge in [-0.25, -0.2) is 0 Å². The number of likely N-dealkylation sites (tertiary alicyclic amines) is 1. The zero-order valence-corrected chi connectivity index (χ0v) is 11.1. The van der Waals surface area contributed by atoms with Gasteiger partial charge in [-0.1, -0.05) is 13.8 Å². The normalized spacial score (nSPS) is 26.6. The SMILES string of the molecule is CCC(CO)NC(C)C1CCCN(CC)C1. The molecule has 1 fully saturated rings. The molecule has 3 unspecified atom stereocenters. The van der Waals surface area contributed by atoms with Crippen LogP contribution in [0.5, 0.6) is 0 Å². The number of hydrogen-bond donors (Lipinski definition) is 2. The first-order valence-corrected chi connectivity index (χ1v) is 6.80. The second-order valence-corrected chi connectivity index (χ2v) is 5.04. The van der Waals surface area contributed by atoms with Crippen LogP contribution in [-0.4, -0.2) is 48.3 Å². The van der Waals surface area contributed by atoms with Crippen molar-refractivity contribution in [2.24, 2.45) is 5.92 Å².